The molecule has 0 amide bonds. The molecule has 0 bridgehead atoms. The molecule has 0 aliphatic rings. The molecule has 8 rings (SSSR count). The summed E-state index contributed by atoms with van der Waals surface area (Å²) in [6, 6.07) is 24.8. The van der Waals surface area contributed by atoms with E-state index in [1.54, 1.807) is 0 Å². The summed E-state index contributed by atoms with van der Waals surface area (Å²) in [5.41, 5.74) is 2.87. The van der Waals surface area contributed by atoms with Crippen molar-refractivity contribution in [3.8, 4) is 51.9 Å². The van der Waals surface area contributed by atoms with Gasteiger partial charge >= 0.3 is 0 Å². The largest absolute Gasteiger partial charge is 0.490 e. The summed E-state index contributed by atoms with van der Waals surface area (Å²) in [7, 11) is 0. The standard InChI is InChI=1S/C74H104O2S6/c1-7-13-19-25-27-29-31-37-51-75-61-53-59-60(54-62(61)76-52-38-32-30-28-26-20-14-8-2)68-70(64-48-44-56(78-64)40-34-22-16-10-4)72(66-50-46-58(80-66)42-36-24-18-12-6)82-74(68)73-67(59)69(63-47-43-55(77-63)39-33-21-15-9-3)71(81-73)65-49-45-57(79-65)41-35-23-17-11-5/h43-50,53-54H,7-42,51-52H2,1-6H3. The summed E-state index contributed by atoms with van der Waals surface area (Å²) < 4.78 is 17.1. The Labute approximate surface area is 522 Å². The number of fused-ring (bicyclic) bond motifs is 6. The lowest BCUT2D eigenvalue weighted by atomic mass is 9.95. The van der Waals surface area contributed by atoms with E-state index in [-0.39, 0.29) is 0 Å². The predicted octanol–water partition coefficient (Wildman–Crippen LogP) is 27.7. The van der Waals surface area contributed by atoms with Gasteiger partial charge in [0.1, 0.15) is 0 Å². The van der Waals surface area contributed by atoms with Gasteiger partial charge in [0, 0.05) is 60.9 Å². The molecule has 0 fully saturated rings. The maximum absolute atomic E-state index is 7.13. The SMILES string of the molecule is CCCCCCCCCCOc1cc2c(cc1OCCCCCCCCCC)c1c(-c3ccc(CCCCCC)s3)c(-c3ccc(CCCCCC)s3)sc1c1sc(-c3ccc(CCCCCC)s3)c(-c3ccc(CCCCCC)s3)c21. The fourth-order valence-corrected chi connectivity index (χ4v) is 19.5. The summed E-state index contributed by atoms with van der Waals surface area (Å²) in [5, 5.41) is 5.47. The first kappa shape index (κ1) is 65.0. The van der Waals surface area contributed by atoms with Crippen LogP contribution in [0.25, 0.3) is 71.3 Å². The molecule has 6 heterocycles. The van der Waals surface area contributed by atoms with Gasteiger partial charge in [0.2, 0.25) is 0 Å². The fraction of sp³-hybridized carbons (Fsp3) is 0.595. The Morgan fingerprint density at radius 2 is 0.549 bits per heavy atom. The molecule has 8 heteroatoms. The fourth-order valence-electron chi connectivity index (χ4n) is 12.0. The Balaban J connectivity index is 1.34. The van der Waals surface area contributed by atoms with Crippen molar-refractivity contribution in [1.82, 2.24) is 0 Å². The Kier molecular flexibility index (Phi) is 28.7. The quantitative estimate of drug-likeness (QED) is 0.0354. The normalized spacial score (nSPS) is 11.9. The molecule has 0 aliphatic carbocycles. The Bertz CT molecular complexity index is 2850. The first-order valence-corrected chi connectivity index (χ1v) is 38.5. The molecule has 448 valence electrons. The number of ether oxygens (including phenoxy) is 2. The zero-order valence-corrected chi connectivity index (χ0v) is 56.8. The summed E-state index contributed by atoms with van der Waals surface area (Å²) in [6.45, 7) is 15.4. The number of aryl methyl sites for hydroxylation is 4. The third-order valence-corrected chi connectivity index (χ3v) is 24.4. The summed E-state index contributed by atoms with van der Waals surface area (Å²) in [6.07, 6.45) is 45.8. The van der Waals surface area contributed by atoms with Crippen molar-refractivity contribution >= 4 is 99.0 Å². The molecule has 0 saturated heterocycles. The van der Waals surface area contributed by atoms with Crippen LogP contribution >= 0.6 is 68.0 Å². The minimum absolute atomic E-state index is 0.716. The van der Waals surface area contributed by atoms with Gasteiger partial charge in [0.25, 0.3) is 0 Å². The van der Waals surface area contributed by atoms with Crippen molar-refractivity contribution in [3.05, 3.63) is 80.2 Å². The lowest BCUT2D eigenvalue weighted by Gasteiger charge is -2.16. The number of hydrogen-bond donors (Lipinski definition) is 0. The van der Waals surface area contributed by atoms with Gasteiger partial charge in [0.05, 0.1) is 32.4 Å². The van der Waals surface area contributed by atoms with E-state index in [1.165, 1.54) is 296 Å². The van der Waals surface area contributed by atoms with Crippen LogP contribution in [0.1, 0.15) is 267 Å². The third kappa shape index (κ3) is 18.5. The van der Waals surface area contributed by atoms with Gasteiger partial charge in [0.15, 0.2) is 11.5 Å². The Morgan fingerprint density at radius 3 is 0.866 bits per heavy atom. The Hall–Kier alpha value is -2.98. The molecule has 6 aromatic heterocycles. The van der Waals surface area contributed by atoms with E-state index in [0.29, 0.717) is 13.2 Å². The topological polar surface area (TPSA) is 18.5 Å². The second-order valence-electron chi connectivity index (χ2n) is 23.8. The molecule has 0 radical (unpaired) electrons. The van der Waals surface area contributed by atoms with E-state index in [4.69, 9.17) is 9.47 Å². The van der Waals surface area contributed by atoms with E-state index in [1.807, 2.05) is 0 Å². The number of rotatable bonds is 44. The van der Waals surface area contributed by atoms with Crippen LogP contribution in [0.3, 0.4) is 0 Å². The molecule has 82 heavy (non-hydrogen) atoms. The van der Waals surface area contributed by atoms with Gasteiger partial charge < -0.3 is 9.47 Å². The number of hydrogen-bond acceptors (Lipinski definition) is 8. The highest BCUT2D eigenvalue weighted by atomic mass is 32.1. The van der Waals surface area contributed by atoms with Crippen molar-refractivity contribution in [3.63, 3.8) is 0 Å². The van der Waals surface area contributed by atoms with Gasteiger partial charge in [-0.25, -0.2) is 0 Å². The van der Waals surface area contributed by atoms with E-state index in [0.717, 1.165) is 37.2 Å². The van der Waals surface area contributed by atoms with Crippen LogP contribution < -0.4 is 9.47 Å². The van der Waals surface area contributed by atoms with E-state index >= 15 is 0 Å². The van der Waals surface area contributed by atoms with Crippen LogP contribution in [0.5, 0.6) is 11.5 Å². The molecule has 0 aliphatic heterocycles. The highest BCUT2D eigenvalue weighted by Gasteiger charge is 2.29. The second-order valence-corrected chi connectivity index (χ2v) is 30.5. The van der Waals surface area contributed by atoms with Crippen LogP contribution in [0.4, 0.5) is 0 Å². The average molecular weight is 1220 g/mol. The third-order valence-electron chi connectivity index (χ3n) is 16.9. The zero-order valence-electron chi connectivity index (χ0n) is 51.9. The summed E-state index contributed by atoms with van der Waals surface area (Å²) in [5.74, 6) is 1.85. The number of unbranched alkanes of at least 4 members (excludes halogenated alkanes) is 26. The highest BCUT2D eigenvalue weighted by Crippen LogP contribution is 2.59. The number of benzene rings is 2. The molecule has 2 aromatic carbocycles. The zero-order chi connectivity index (χ0) is 57.1. The van der Waals surface area contributed by atoms with Gasteiger partial charge in [-0.05, 0) is 136 Å². The minimum atomic E-state index is 0.716. The maximum Gasteiger partial charge on any atom is 0.161 e. The van der Waals surface area contributed by atoms with Gasteiger partial charge in [-0.1, -0.05) is 208 Å². The summed E-state index contributed by atoms with van der Waals surface area (Å²) >= 11 is 12.4. The van der Waals surface area contributed by atoms with Crippen LogP contribution in [0.2, 0.25) is 0 Å². The minimum Gasteiger partial charge on any atom is -0.490 e. The molecule has 0 unspecified atom stereocenters. The van der Waals surface area contributed by atoms with E-state index < -0.39 is 0 Å². The van der Waals surface area contributed by atoms with Crippen molar-refractivity contribution in [1.29, 1.82) is 0 Å². The monoisotopic (exact) mass is 1220 g/mol. The van der Waals surface area contributed by atoms with Gasteiger partial charge in [-0.2, -0.15) is 0 Å². The van der Waals surface area contributed by atoms with Crippen molar-refractivity contribution < 1.29 is 9.47 Å². The lowest BCUT2D eigenvalue weighted by Crippen LogP contribution is -2.03. The van der Waals surface area contributed by atoms with Gasteiger partial charge in [-0.15, -0.1) is 68.0 Å². The van der Waals surface area contributed by atoms with Crippen LogP contribution in [0.15, 0.2) is 60.7 Å². The molecule has 0 N–H and O–H groups in total. The molecule has 0 spiro atoms. The van der Waals surface area contributed by atoms with Crippen LogP contribution in [-0.4, -0.2) is 13.2 Å². The maximum atomic E-state index is 7.13. The molecule has 0 saturated carbocycles. The smallest absolute Gasteiger partial charge is 0.161 e. The average Bonchev–Trinajstić information content (AvgIpc) is 4.27. The lowest BCUT2D eigenvalue weighted by molar-refractivity contribution is 0.259. The van der Waals surface area contributed by atoms with Crippen molar-refractivity contribution in [2.45, 2.75) is 273 Å². The Morgan fingerprint density at radius 1 is 0.280 bits per heavy atom. The van der Waals surface area contributed by atoms with Crippen molar-refractivity contribution in [2.24, 2.45) is 0 Å². The van der Waals surface area contributed by atoms with E-state index in [9.17, 15) is 0 Å². The van der Waals surface area contributed by atoms with Crippen molar-refractivity contribution in [2.75, 3.05) is 13.2 Å². The molecule has 2 nitrogen and oxygen atoms in total. The van der Waals surface area contributed by atoms with Crippen LogP contribution in [-0.2, 0) is 25.7 Å². The first-order chi connectivity index (χ1) is 40.5. The second kappa shape index (κ2) is 36.2. The van der Waals surface area contributed by atoms with Gasteiger partial charge in [-0.3, -0.25) is 0 Å². The number of thiophene rings is 6. The summed E-state index contributed by atoms with van der Waals surface area (Å²) in [4.78, 5) is 14.6. The van der Waals surface area contributed by atoms with Crippen LogP contribution in [0, 0.1) is 0 Å². The molecular formula is C74H104O2S6. The first-order valence-electron chi connectivity index (χ1n) is 33.6. The molecule has 8 aromatic rings. The predicted molar refractivity (Wildman–Crippen MR) is 376 cm³/mol. The van der Waals surface area contributed by atoms with E-state index in [2.05, 4.69) is 170 Å². The molecule has 0 atom stereocenters. The highest BCUT2D eigenvalue weighted by molar-refractivity contribution is 7.34. The molecular weight excluding hydrogens is 1110 g/mol.